The summed E-state index contributed by atoms with van der Waals surface area (Å²) in [6.45, 7) is 7.40. The minimum Gasteiger partial charge on any atom is -0.493 e. The second-order valence-electron chi connectivity index (χ2n) is 11.2. The number of aryl methyl sites for hydroxylation is 1. The van der Waals surface area contributed by atoms with Crippen molar-refractivity contribution in [2.24, 2.45) is 5.92 Å². The molecule has 1 aliphatic carbocycles. The molecule has 4 unspecified atom stereocenters. The lowest BCUT2D eigenvalue weighted by molar-refractivity contribution is -0.123. The van der Waals surface area contributed by atoms with E-state index in [1.165, 1.54) is 6.92 Å². The van der Waals surface area contributed by atoms with Crippen molar-refractivity contribution in [1.29, 1.82) is 0 Å². The highest BCUT2D eigenvalue weighted by molar-refractivity contribution is 5.86. The lowest BCUT2D eigenvalue weighted by Crippen LogP contribution is -2.45. The average Bonchev–Trinajstić information content (AvgIpc) is 3.26. The molecule has 0 radical (unpaired) electrons. The van der Waals surface area contributed by atoms with Crippen molar-refractivity contribution in [2.75, 3.05) is 26.6 Å². The predicted molar refractivity (Wildman–Crippen MR) is 173 cm³/mol. The van der Waals surface area contributed by atoms with E-state index in [1.54, 1.807) is 33.5 Å². The van der Waals surface area contributed by atoms with E-state index >= 15 is 0 Å². The number of carbonyl (C=O) groups excluding carboxylic acids is 2. The van der Waals surface area contributed by atoms with Gasteiger partial charge in [-0.1, -0.05) is 56.7 Å². The second-order valence-corrected chi connectivity index (χ2v) is 11.2. The summed E-state index contributed by atoms with van der Waals surface area (Å²) in [4.78, 5) is 39.7. The van der Waals surface area contributed by atoms with Crippen LogP contribution in [0.15, 0.2) is 59.4 Å². The molecule has 9 nitrogen and oxygen atoms in total. The number of carbonyl (C=O) groups is 2. The van der Waals surface area contributed by atoms with Crippen molar-refractivity contribution in [3.05, 3.63) is 81.5 Å². The Morgan fingerprint density at radius 1 is 0.955 bits per heavy atom. The lowest BCUT2D eigenvalue weighted by Gasteiger charge is -2.26. The highest BCUT2D eigenvalue weighted by Gasteiger charge is 2.30. The molecule has 0 heterocycles. The summed E-state index contributed by atoms with van der Waals surface area (Å²) < 4.78 is 17.2. The number of amides is 2. The first-order valence-electron chi connectivity index (χ1n) is 15.0. The highest BCUT2D eigenvalue weighted by Crippen LogP contribution is 2.50. The van der Waals surface area contributed by atoms with Gasteiger partial charge in [-0.2, -0.15) is 0 Å². The van der Waals surface area contributed by atoms with Crippen LogP contribution in [-0.4, -0.2) is 39.2 Å². The van der Waals surface area contributed by atoms with Gasteiger partial charge in [0.15, 0.2) is 11.5 Å². The van der Waals surface area contributed by atoms with Crippen molar-refractivity contribution in [3.63, 3.8) is 0 Å². The second kappa shape index (κ2) is 14.3. The van der Waals surface area contributed by atoms with Crippen LogP contribution in [-0.2, 0) is 16.0 Å². The van der Waals surface area contributed by atoms with Gasteiger partial charge in [0.1, 0.15) is 6.04 Å². The zero-order valence-corrected chi connectivity index (χ0v) is 26.6. The fourth-order valence-electron chi connectivity index (χ4n) is 5.82. The number of benzene rings is 2. The Balaban J connectivity index is 1.83. The molecule has 3 N–H and O–H groups in total. The maximum Gasteiger partial charge on any atom is 0.243 e. The van der Waals surface area contributed by atoms with Gasteiger partial charge < -0.3 is 30.2 Å². The van der Waals surface area contributed by atoms with Crippen molar-refractivity contribution in [2.45, 2.75) is 65.1 Å². The normalized spacial score (nSPS) is 15.8. The van der Waals surface area contributed by atoms with Crippen molar-refractivity contribution in [1.82, 2.24) is 10.6 Å². The Morgan fingerprint density at radius 3 is 2.27 bits per heavy atom. The van der Waals surface area contributed by atoms with Gasteiger partial charge in [0, 0.05) is 12.5 Å². The van der Waals surface area contributed by atoms with Gasteiger partial charge >= 0.3 is 0 Å². The van der Waals surface area contributed by atoms with E-state index in [-0.39, 0.29) is 34.9 Å². The lowest BCUT2D eigenvalue weighted by atomic mass is 9.95. The van der Waals surface area contributed by atoms with Crippen LogP contribution in [0.3, 0.4) is 0 Å². The summed E-state index contributed by atoms with van der Waals surface area (Å²) in [6.07, 6.45) is 1.88. The van der Waals surface area contributed by atoms with E-state index < -0.39 is 12.1 Å². The molecule has 0 saturated carbocycles. The van der Waals surface area contributed by atoms with E-state index in [0.29, 0.717) is 35.7 Å². The molecule has 0 bridgehead atoms. The number of rotatable bonds is 11. The quantitative estimate of drug-likeness (QED) is 0.263. The molecule has 0 fully saturated rings. The molecular weight excluding hydrogens is 558 g/mol. The fraction of sp³-hybridized carbons (Fsp3) is 0.400. The summed E-state index contributed by atoms with van der Waals surface area (Å²) in [7, 11) is 4.68. The smallest absolute Gasteiger partial charge is 0.243 e. The van der Waals surface area contributed by atoms with Crippen molar-refractivity contribution >= 4 is 17.5 Å². The molecule has 4 rings (SSSR count). The molecule has 0 saturated heterocycles. The zero-order valence-electron chi connectivity index (χ0n) is 26.6. The van der Waals surface area contributed by atoms with Gasteiger partial charge in [-0.3, -0.25) is 14.4 Å². The van der Waals surface area contributed by atoms with Crippen LogP contribution in [0.1, 0.15) is 69.3 Å². The van der Waals surface area contributed by atoms with Crippen LogP contribution in [0.4, 0.5) is 5.69 Å². The molecule has 0 aromatic heterocycles. The molecule has 2 amide bonds. The maximum atomic E-state index is 13.9. The first kappa shape index (κ1) is 32.4. The molecule has 234 valence electrons. The third-order valence-corrected chi connectivity index (χ3v) is 8.38. The Labute approximate surface area is 259 Å². The number of hydrogen-bond donors (Lipinski definition) is 3. The molecule has 4 atom stereocenters. The number of nitrogens with one attached hydrogen (secondary N) is 3. The first-order valence-corrected chi connectivity index (χ1v) is 15.0. The molecule has 3 aromatic rings. The van der Waals surface area contributed by atoms with E-state index in [0.717, 1.165) is 28.7 Å². The summed E-state index contributed by atoms with van der Waals surface area (Å²) >= 11 is 0. The third-order valence-electron chi connectivity index (χ3n) is 8.38. The van der Waals surface area contributed by atoms with Gasteiger partial charge in [-0.05, 0) is 66.1 Å². The number of fused-ring (bicyclic) bond motifs is 3. The fourth-order valence-corrected chi connectivity index (χ4v) is 5.82. The van der Waals surface area contributed by atoms with Crippen molar-refractivity contribution < 1.29 is 23.8 Å². The predicted octanol–water partition coefficient (Wildman–Crippen LogP) is 5.57. The molecule has 0 spiro atoms. The van der Waals surface area contributed by atoms with E-state index in [4.69, 9.17) is 14.2 Å². The number of methoxy groups -OCH3 is 3. The van der Waals surface area contributed by atoms with E-state index in [2.05, 4.69) is 16.0 Å². The molecule has 9 heteroatoms. The maximum absolute atomic E-state index is 13.9. The summed E-state index contributed by atoms with van der Waals surface area (Å²) in [5.74, 6) is 0.986. The Kier molecular flexibility index (Phi) is 10.5. The minimum absolute atomic E-state index is 0.0645. The summed E-state index contributed by atoms with van der Waals surface area (Å²) in [5, 5.41) is 9.41. The zero-order chi connectivity index (χ0) is 32.0. The summed E-state index contributed by atoms with van der Waals surface area (Å²) in [6, 6.07) is 15.5. The minimum atomic E-state index is -0.654. The van der Waals surface area contributed by atoms with E-state index in [1.807, 2.05) is 63.2 Å². The van der Waals surface area contributed by atoms with Gasteiger partial charge in [0.2, 0.25) is 23.0 Å². The Morgan fingerprint density at radius 2 is 1.66 bits per heavy atom. The SMILES string of the molecule is CCC(C)C(Nc1ccc2c(cc1=O)C(NC(C)=O)CCc1cc(OC)c(OC)c(OC)c1-2)C(=O)NC(C)c1ccccc1. The monoisotopic (exact) mass is 601 g/mol. The standard InChI is InChI=1S/C35H43N3O6/c1-8-20(2)32(35(41)36-21(3)23-12-10-9-11-13-23)38-28-17-15-25-26(19-29(28)40)27(37-22(4)39)16-14-24-18-30(42-5)33(43-6)34(44-7)31(24)25/h9-13,15,17-21,27,32H,8,14,16H2,1-7H3,(H,36,41)(H,37,39)(H,38,40). The number of anilines is 1. The molecular formula is C35H43N3O6. The van der Waals surface area contributed by atoms with Gasteiger partial charge in [-0.15, -0.1) is 0 Å². The van der Waals surface area contributed by atoms with Crippen LogP contribution in [0, 0.1) is 5.92 Å². The van der Waals surface area contributed by atoms with Gasteiger partial charge in [0.05, 0.1) is 39.1 Å². The molecule has 1 aliphatic rings. The van der Waals surface area contributed by atoms with Crippen LogP contribution < -0.4 is 35.6 Å². The topological polar surface area (TPSA) is 115 Å². The van der Waals surface area contributed by atoms with Crippen LogP contribution >= 0.6 is 0 Å². The van der Waals surface area contributed by atoms with E-state index in [9.17, 15) is 14.4 Å². The Bertz CT molecular complexity index is 1560. The number of ether oxygens (including phenoxy) is 3. The van der Waals surface area contributed by atoms with Gasteiger partial charge in [-0.25, -0.2) is 0 Å². The van der Waals surface area contributed by atoms with Crippen molar-refractivity contribution in [3.8, 4) is 28.4 Å². The van der Waals surface area contributed by atoms with Crippen LogP contribution in [0.25, 0.3) is 11.1 Å². The molecule has 3 aromatic carbocycles. The average molecular weight is 602 g/mol. The summed E-state index contributed by atoms with van der Waals surface area (Å²) in [5.41, 5.74) is 4.07. The third kappa shape index (κ3) is 6.82. The van der Waals surface area contributed by atoms with Gasteiger partial charge in [0.25, 0.3) is 0 Å². The first-order chi connectivity index (χ1) is 21.1. The Hall–Kier alpha value is -4.53. The van der Waals surface area contributed by atoms with Crippen LogP contribution in [0.5, 0.6) is 17.2 Å². The molecule has 44 heavy (non-hydrogen) atoms. The largest absolute Gasteiger partial charge is 0.493 e. The number of hydrogen-bond acceptors (Lipinski definition) is 7. The van der Waals surface area contributed by atoms with Crippen LogP contribution in [0.2, 0.25) is 0 Å². The highest BCUT2D eigenvalue weighted by atomic mass is 16.5. The molecule has 0 aliphatic heterocycles.